The molecule has 0 heterocycles. The van der Waals surface area contributed by atoms with E-state index >= 15 is 0 Å². The Hall–Kier alpha value is -1.44. The first kappa shape index (κ1) is 11.1. The molecule has 0 fully saturated rings. The highest BCUT2D eigenvalue weighted by Gasteiger charge is 2.32. The van der Waals surface area contributed by atoms with Crippen LogP contribution in [0.2, 0.25) is 0 Å². The van der Waals surface area contributed by atoms with Crippen molar-refractivity contribution < 1.29 is 9.59 Å². The summed E-state index contributed by atoms with van der Waals surface area (Å²) in [6, 6.07) is 0. The highest BCUT2D eigenvalue weighted by atomic mass is 16.1. The standard InChI is InChI=1S/C14H16O2/c1-3-9-5-7-12(16)14-10(4-2)6-8-11(15)13(9)14/h5-10H,3-4H2,1-2H3. The topological polar surface area (TPSA) is 34.1 Å². The summed E-state index contributed by atoms with van der Waals surface area (Å²) < 4.78 is 0. The first-order valence-corrected chi connectivity index (χ1v) is 5.88. The highest BCUT2D eigenvalue weighted by molar-refractivity contribution is 6.17. The molecule has 0 aromatic rings. The van der Waals surface area contributed by atoms with Crippen LogP contribution in [0.4, 0.5) is 0 Å². The molecule has 0 aliphatic heterocycles. The molecule has 0 aromatic carbocycles. The Balaban J connectivity index is 2.51. The second kappa shape index (κ2) is 4.20. The van der Waals surface area contributed by atoms with Crippen molar-refractivity contribution in [3.63, 3.8) is 0 Å². The molecule has 2 rings (SSSR count). The van der Waals surface area contributed by atoms with Gasteiger partial charge in [0.05, 0.1) is 0 Å². The van der Waals surface area contributed by atoms with Crippen LogP contribution in [0.15, 0.2) is 35.5 Å². The molecule has 16 heavy (non-hydrogen) atoms. The van der Waals surface area contributed by atoms with E-state index in [0.29, 0.717) is 0 Å². The third kappa shape index (κ3) is 1.58. The van der Waals surface area contributed by atoms with E-state index in [9.17, 15) is 9.59 Å². The Morgan fingerprint density at radius 1 is 0.875 bits per heavy atom. The summed E-state index contributed by atoms with van der Waals surface area (Å²) in [5, 5.41) is 0. The summed E-state index contributed by atoms with van der Waals surface area (Å²) in [5.74, 6) is 0.284. The van der Waals surface area contributed by atoms with E-state index in [1.165, 1.54) is 0 Å². The predicted molar refractivity (Wildman–Crippen MR) is 62.9 cm³/mol. The van der Waals surface area contributed by atoms with Gasteiger partial charge in [-0.05, 0) is 25.0 Å². The highest BCUT2D eigenvalue weighted by Crippen LogP contribution is 2.35. The van der Waals surface area contributed by atoms with Crippen molar-refractivity contribution >= 4 is 11.6 Å². The van der Waals surface area contributed by atoms with Gasteiger partial charge in [-0.1, -0.05) is 26.0 Å². The third-order valence-electron chi connectivity index (χ3n) is 3.40. The van der Waals surface area contributed by atoms with Crippen LogP contribution in [0.25, 0.3) is 0 Å². The predicted octanol–water partition coefficient (Wildman–Crippen LogP) is 2.61. The fourth-order valence-corrected chi connectivity index (χ4v) is 2.49. The third-order valence-corrected chi connectivity index (χ3v) is 3.40. The molecule has 2 atom stereocenters. The van der Waals surface area contributed by atoms with E-state index in [1.807, 2.05) is 26.0 Å². The van der Waals surface area contributed by atoms with Crippen LogP contribution < -0.4 is 0 Å². The van der Waals surface area contributed by atoms with Crippen molar-refractivity contribution in [1.29, 1.82) is 0 Å². The molecular formula is C14H16O2. The minimum Gasteiger partial charge on any atom is -0.290 e. The van der Waals surface area contributed by atoms with Crippen molar-refractivity contribution in [3.05, 3.63) is 35.5 Å². The van der Waals surface area contributed by atoms with E-state index in [-0.39, 0.29) is 23.4 Å². The summed E-state index contributed by atoms with van der Waals surface area (Å²) in [6.07, 6.45) is 8.73. The zero-order valence-electron chi connectivity index (χ0n) is 9.69. The maximum absolute atomic E-state index is 11.9. The average Bonchev–Trinajstić information content (AvgIpc) is 2.31. The fourth-order valence-electron chi connectivity index (χ4n) is 2.49. The van der Waals surface area contributed by atoms with Crippen LogP contribution >= 0.6 is 0 Å². The maximum Gasteiger partial charge on any atom is 0.182 e. The number of carbonyl (C=O) groups is 2. The van der Waals surface area contributed by atoms with Crippen LogP contribution in [-0.2, 0) is 9.59 Å². The smallest absolute Gasteiger partial charge is 0.182 e. The molecule has 2 heteroatoms. The van der Waals surface area contributed by atoms with Crippen LogP contribution in [0, 0.1) is 11.8 Å². The van der Waals surface area contributed by atoms with Crippen molar-refractivity contribution in [2.24, 2.45) is 11.8 Å². The van der Waals surface area contributed by atoms with E-state index in [0.717, 1.165) is 24.0 Å². The second-order valence-corrected chi connectivity index (χ2v) is 4.30. The zero-order valence-corrected chi connectivity index (χ0v) is 9.69. The van der Waals surface area contributed by atoms with Crippen molar-refractivity contribution in [1.82, 2.24) is 0 Å². The van der Waals surface area contributed by atoms with Gasteiger partial charge in [0.25, 0.3) is 0 Å². The lowest BCUT2D eigenvalue weighted by atomic mass is 9.74. The first-order chi connectivity index (χ1) is 7.69. The van der Waals surface area contributed by atoms with Crippen LogP contribution in [0.5, 0.6) is 0 Å². The molecule has 0 radical (unpaired) electrons. The van der Waals surface area contributed by atoms with E-state index in [4.69, 9.17) is 0 Å². The number of hydrogen-bond donors (Lipinski definition) is 0. The molecule has 0 bridgehead atoms. The fraction of sp³-hybridized carbons (Fsp3) is 0.429. The van der Waals surface area contributed by atoms with E-state index < -0.39 is 0 Å². The molecule has 2 unspecified atom stereocenters. The van der Waals surface area contributed by atoms with Gasteiger partial charge in [-0.2, -0.15) is 0 Å². The molecule has 0 saturated carbocycles. The van der Waals surface area contributed by atoms with Gasteiger partial charge in [0.15, 0.2) is 11.6 Å². The van der Waals surface area contributed by atoms with Gasteiger partial charge in [-0.15, -0.1) is 0 Å². The largest absolute Gasteiger partial charge is 0.290 e. The van der Waals surface area contributed by atoms with Gasteiger partial charge in [0, 0.05) is 23.0 Å². The summed E-state index contributed by atoms with van der Waals surface area (Å²) in [6.45, 7) is 4.09. The lowest BCUT2D eigenvalue weighted by Gasteiger charge is -2.27. The quantitative estimate of drug-likeness (QED) is 0.711. The number of rotatable bonds is 2. The number of hydrogen-bond acceptors (Lipinski definition) is 2. The van der Waals surface area contributed by atoms with E-state index in [2.05, 4.69) is 0 Å². The molecule has 0 saturated heterocycles. The summed E-state index contributed by atoms with van der Waals surface area (Å²) in [4.78, 5) is 23.7. The second-order valence-electron chi connectivity index (χ2n) is 4.30. The van der Waals surface area contributed by atoms with Crippen molar-refractivity contribution in [2.45, 2.75) is 26.7 Å². The molecule has 2 aliphatic carbocycles. The molecule has 0 aromatic heterocycles. The van der Waals surface area contributed by atoms with Crippen LogP contribution in [0.3, 0.4) is 0 Å². The van der Waals surface area contributed by atoms with E-state index in [1.54, 1.807) is 12.2 Å². The lowest BCUT2D eigenvalue weighted by Crippen LogP contribution is -2.26. The normalized spacial score (nSPS) is 28.6. The van der Waals surface area contributed by atoms with Gasteiger partial charge in [-0.25, -0.2) is 0 Å². The molecule has 0 N–H and O–H groups in total. The van der Waals surface area contributed by atoms with Gasteiger partial charge < -0.3 is 0 Å². The number of ketones is 2. The maximum atomic E-state index is 11.9. The summed E-state index contributed by atoms with van der Waals surface area (Å²) in [7, 11) is 0. The first-order valence-electron chi connectivity index (χ1n) is 5.88. The van der Waals surface area contributed by atoms with Crippen molar-refractivity contribution in [2.75, 3.05) is 0 Å². The number of carbonyl (C=O) groups excluding carboxylic acids is 2. The molecule has 0 amide bonds. The lowest BCUT2D eigenvalue weighted by molar-refractivity contribution is -0.115. The Bertz CT molecular complexity index is 384. The minimum atomic E-state index is 0.0178. The van der Waals surface area contributed by atoms with Gasteiger partial charge in [-0.3, -0.25) is 9.59 Å². The average molecular weight is 216 g/mol. The molecule has 84 valence electrons. The van der Waals surface area contributed by atoms with Gasteiger partial charge in [0.2, 0.25) is 0 Å². The molecule has 2 nitrogen and oxygen atoms in total. The van der Waals surface area contributed by atoms with Gasteiger partial charge >= 0.3 is 0 Å². The Labute approximate surface area is 95.7 Å². The Morgan fingerprint density at radius 3 is 1.56 bits per heavy atom. The molecule has 2 aliphatic rings. The monoisotopic (exact) mass is 216 g/mol. The van der Waals surface area contributed by atoms with Crippen molar-refractivity contribution in [3.8, 4) is 0 Å². The number of allylic oxidation sites excluding steroid dienone is 6. The SMILES string of the molecule is CCC1C=CC(=O)C2=C1C(=O)C=CC2CC. The zero-order chi connectivity index (χ0) is 11.7. The van der Waals surface area contributed by atoms with Crippen LogP contribution in [0.1, 0.15) is 26.7 Å². The molecular weight excluding hydrogens is 200 g/mol. The minimum absolute atomic E-state index is 0.0178. The van der Waals surface area contributed by atoms with Gasteiger partial charge in [0.1, 0.15) is 0 Å². The molecule has 0 spiro atoms. The van der Waals surface area contributed by atoms with Crippen LogP contribution in [-0.4, -0.2) is 11.6 Å². The Kier molecular flexibility index (Phi) is 2.90. The summed E-state index contributed by atoms with van der Waals surface area (Å²) >= 11 is 0. The summed E-state index contributed by atoms with van der Waals surface area (Å²) in [5.41, 5.74) is 1.48. The Morgan fingerprint density at radius 2 is 1.25 bits per heavy atom.